The van der Waals surface area contributed by atoms with Gasteiger partial charge in [0.2, 0.25) is 0 Å². The Hall–Kier alpha value is -1.10. The lowest BCUT2D eigenvalue weighted by Crippen LogP contribution is -2.15. The Bertz CT molecular complexity index is 446. The standard InChI is InChI=1S/C13H21BrN4/c1-5-16-7-10(12(15)9(2)3)6-11-8-18(4)17-13(11)14/h7-9,15-16H,5-6H2,1-4H3/b10-7-,15-12?. The molecule has 0 fully saturated rings. The lowest BCUT2D eigenvalue weighted by Gasteiger charge is -2.12. The second-order valence-electron chi connectivity index (χ2n) is 4.59. The Balaban J connectivity index is 2.92. The fourth-order valence-corrected chi connectivity index (χ4v) is 2.15. The van der Waals surface area contributed by atoms with Crippen LogP contribution in [0.25, 0.3) is 0 Å². The van der Waals surface area contributed by atoms with Gasteiger partial charge in [-0.25, -0.2) is 0 Å². The smallest absolute Gasteiger partial charge is 0.131 e. The van der Waals surface area contributed by atoms with E-state index in [0.717, 1.165) is 28.7 Å². The largest absolute Gasteiger partial charge is 0.391 e. The molecule has 1 aromatic rings. The van der Waals surface area contributed by atoms with Crippen molar-refractivity contribution in [1.82, 2.24) is 15.1 Å². The average molecular weight is 313 g/mol. The quantitative estimate of drug-likeness (QED) is 0.794. The number of allylic oxidation sites excluding steroid dienone is 1. The molecule has 0 saturated heterocycles. The summed E-state index contributed by atoms with van der Waals surface area (Å²) in [5.74, 6) is 0.227. The summed E-state index contributed by atoms with van der Waals surface area (Å²) < 4.78 is 2.63. The van der Waals surface area contributed by atoms with Gasteiger partial charge in [0.1, 0.15) is 4.60 Å². The van der Waals surface area contributed by atoms with Gasteiger partial charge in [-0.1, -0.05) is 13.8 Å². The van der Waals surface area contributed by atoms with E-state index in [2.05, 4.69) is 26.3 Å². The van der Waals surface area contributed by atoms with Crippen molar-refractivity contribution in [3.05, 3.63) is 28.1 Å². The van der Waals surface area contributed by atoms with Crippen molar-refractivity contribution in [3.63, 3.8) is 0 Å². The zero-order valence-corrected chi connectivity index (χ0v) is 13.0. The topological polar surface area (TPSA) is 53.7 Å². The molecule has 100 valence electrons. The summed E-state index contributed by atoms with van der Waals surface area (Å²) in [6, 6.07) is 0. The van der Waals surface area contributed by atoms with Crippen LogP contribution in [0.2, 0.25) is 0 Å². The third kappa shape index (κ3) is 3.98. The molecule has 1 heterocycles. The highest BCUT2D eigenvalue weighted by molar-refractivity contribution is 9.10. The van der Waals surface area contributed by atoms with E-state index in [4.69, 9.17) is 5.41 Å². The van der Waals surface area contributed by atoms with Crippen molar-refractivity contribution in [3.8, 4) is 0 Å². The fraction of sp³-hybridized carbons (Fsp3) is 0.538. The molecule has 5 heteroatoms. The molecule has 0 aliphatic carbocycles. The molecule has 0 amide bonds. The summed E-state index contributed by atoms with van der Waals surface area (Å²) in [6.07, 6.45) is 4.65. The first-order valence-corrected chi connectivity index (χ1v) is 6.94. The number of hydrogen-bond acceptors (Lipinski definition) is 3. The molecule has 0 spiro atoms. The first-order valence-electron chi connectivity index (χ1n) is 6.15. The first-order chi connectivity index (χ1) is 8.45. The second kappa shape index (κ2) is 6.73. The average Bonchev–Trinajstić information content (AvgIpc) is 2.62. The maximum absolute atomic E-state index is 8.15. The monoisotopic (exact) mass is 312 g/mol. The van der Waals surface area contributed by atoms with E-state index in [9.17, 15) is 0 Å². The minimum atomic E-state index is 0.227. The van der Waals surface area contributed by atoms with Gasteiger partial charge in [-0.3, -0.25) is 4.68 Å². The van der Waals surface area contributed by atoms with E-state index >= 15 is 0 Å². The van der Waals surface area contributed by atoms with Crippen LogP contribution in [0.15, 0.2) is 22.6 Å². The summed E-state index contributed by atoms with van der Waals surface area (Å²) in [7, 11) is 1.90. The van der Waals surface area contributed by atoms with Crippen LogP contribution in [0.3, 0.4) is 0 Å². The van der Waals surface area contributed by atoms with E-state index in [1.165, 1.54) is 0 Å². The van der Waals surface area contributed by atoms with Crippen LogP contribution >= 0.6 is 15.9 Å². The number of halogens is 1. The van der Waals surface area contributed by atoms with E-state index in [0.29, 0.717) is 5.71 Å². The van der Waals surface area contributed by atoms with Crippen molar-refractivity contribution in [2.24, 2.45) is 13.0 Å². The van der Waals surface area contributed by atoms with Crippen LogP contribution in [0, 0.1) is 11.3 Å². The highest BCUT2D eigenvalue weighted by atomic mass is 79.9. The number of nitrogens with one attached hydrogen (secondary N) is 2. The number of hydrogen-bond donors (Lipinski definition) is 2. The number of nitrogens with zero attached hydrogens (tertiary/aromatic N) is 2. The number of rotatable bonds is 6. The lowest BCUT2D eigenvalue weighted by molar-refractivity contribution is 0.760. The highest BCUT2D eigenvalue weighted by Gasteiger charge is 2.13. The van der Waals surface area contributed by atoms with Gasteiger partial charge in [0.15, 0.2) is 0 Å². The van der Waals surface area contributed by atoms with Crippen LogP contribution in [-0.4, -0.2) is 22.0 Å². The Morgan fingerprint density at radius 1 is 1.61 bits per heavy atom. The molecular formula is C13H21BrN4. The molecule has 0 aliphatic rings. The molecular weight excluding hydrogens is 292 g/mol. The van der Waals surface area contributed by atoms with Gasteiger partial charge in [0.05, 0.1) is 0 Å². The Kier molecular flexibility index (Phi) is 5.59. The van der Waals surface area contributed by atoms with Crippen molar-refractivity contribution in [2.45, 2.75) is 27.2 Å². The maximum atomic E-state index is 8.15. The molecule has 18 heavy (non-hydrogen) atoms. The Morgan fingerprint density at radius 2 is 2.28 bits per heavy atom. The molecule has 0 unspecified atom stereocenters. The second-order valence-corrected chi connectivity index (χ2v) is 5.34. The Morgan fingerprint density at radius 3 is 2.72 bits per heavy atom. The maximum Gasteiger partial charge on any atom is 0.131 e. The Labute approximate surface area is 117 Å². The van der Waals surface area contributed by atoms with Crippen LogP contribution in [-0.2, 0) is 13.5 Å². The third-order valence-electron chi connectivity index (χ3n) is 2.64. The van der Waals surface area contributed by atoms with Gasteiger partial charge in [-0.2, -0.15) is 5.10 Å². The summed E-state index contributed by atoms with van der Waals surface area (Å²) >= 11 is 3.45. The fourth-order valence-electron chi connectivity index (χ4n) is 1.65. The van der Waals surface area contributed by atoms with E-state index in [1.807, 2.05) is 40.2 Å². The van der Waals surface area contributed by atoms with Gasteiger partial charge >= 0.3 is 0 Å². The molecule has 0 aliphatic heterocycles. The zero-order valence-electron chi connectivity index (χ0n) is 11.4. The van der Waals surface area contributed by atoms with Crippen LogP contribution in [0.4, 0.5) is 0 Å². The first kappa shape index (κ1) is 15.0. The molecule has 1 aromatic heterocycles. The number of aromatic nitrogens is 2. The third-order valence-corrected chi connectivity index (χ3v) is 3.31. The zero-order chi connectivity index (χ0) is 13.7. The molecule has 4 nitrogen and oxygen atoms in total. The van der Waals surface area contributed by atoms with Crippen LogP contribution < -0.4 is 5.32 Å². The van der Waals surface area contributed by atoms with E-state index < -0.39 is 0 Å². The SMILES string of the molecule is CCN/C=C(/Cc1cn(C)nc1Br)C(=N)C(C)C. The van der Waals surface area contributed by atoms with E-state index in [-0.39, 0.29) is 5.92 Å². The van der Waals surface area contributed by atoms with Gasteiger partial charge in [0, 0.05) is 43.7 Å². The highest BCUT2D eigenvalue weighted by Crippen LogP contribution is 2.19. The van der Waals surface area contributed by atoms with Crippen molar-refractivity contribution >= 4 is 21.6 Å². The summed E-state index contributed by atoms with van der Waals surface area (Å²) in [6.45, 7) is 7.00. The summed E-state index contributed by atoms with van der Waals surface area (Å²) in [4.78, 5) is 0. The number of aryl methyl sites for hydroxylation is 1. The van der Waals surface area contributed by atoms with Crippen molar-refractivity contribution < 1.29 is 0 Å². The summed E-state index contributed by atoms with van der Waals surface area (Å²) in [5, 5.41) is 15.6. The summed E-state index contributed by atoms with van der Waals surface area (Å²) in [5.41, 5.74) is 2.79. The van der Waals surface area contributed by atoms with Gasteiger partial charge < -0.3 is 10.7 Å². The minimum absolute atomic E-state index is 0.227. The molecule has 0 bridgehead atoms. The van der Waals surface area contributed by atoms with Crippen molar-refractivity contribution in [2.75, 3.05) is 6.54 Å². The van der Waals surface area contributed by atoms with E-state index in [1.54, 1.807) is 4.68 Å². The van der Waals surface area contributed by atoms with Crippen LogP contribution in [0.1, 0.15) is 26.3 Å². The molecule has 0 saturated carbocycles. The molecule has 0 atom stereocenters. The molecule has 2 N–H and O–H groups in total. The lowest BCUT2D eigenvalue weighted by atomic mass is 9.96. The predicted molar refractivity (Wildman–Crippen MR) is 78.9 cm³/mol. The van der Waals surface area contributed by atoms with Gasteiger partial charge in [-0.05, 0) is 34.3 Å². The molecule has 0 aromatic carbocycles. The van der Waals surface area contributed by atoms with Gasteiger partial charge in [0.25, 0.3) is 0 Å². The minimum Gasteiger partial charge on any atom is -0.391 e. The van der Waals surface area contributed by atoms with Gasteiger partial charge in [-0.15, -0.1) is 0 Å². The van der Waals surface area contributed by atoms with Crippen molar-refractivity contribution in [1.29, 1.82) is 5.41 Å². The predicted octanol–water partition coefficient (Wildman–Crippen LogP) is 2.89. The normalized spacial score (nSPS) is 12.0. The van der Waals surface area contributed by atoms with Crippen LogP contribution in [0.5, 0.6) is 0 Å². The molecule has 1 rings (SSSR count). The molecule has 0 radical (unpaired) electrons.